The van der Waals surface area contributed by atoms with E-state index in [1.807, 2.05) is 6.55 Å². The zero-order valence-electron chi connectivity index (χ0n) is 6.47. The molecule has 0 spiro atoms. The fourth-order valence-electron chi connectivity index (χ4n) is 0.585. The molecule has 0 aromatic rings. The van der Waals surface area contributed by atoms with Crippen molar-refractivity contribution >= 4 is 25.8 Å². The van der Waals surface area contributed by atoms with Crippen molar-refractivity contribution in [3.05, 3.63) is 0 Å². The van der Waals surface area contributed by atoms with Gasteiger partial charge in [-0.25, -0.2) is 0 Å². The van der Waals surface area contributed by atoms with Crippen LogP contribution < -0.4 is 0 Å². The van der Waals surface area contributed by atoms with E-state index in [2.05, 4.69) is 19.6 Å². The summed E-state index contributed by atoms with van der Waals surface area (Å²) in [4.78, 5) is 0. The third-order valence-corrected chi connectivity index (χ3v) is 7.80. The van der Waals surface area contributed by atoms with E-state index in [4.69, 9.17) is 4.12 Å². The highest BCUT2D eigenvalue weighted by Crippen LogP contribution is 2.02. The predicted molar refractivity (Wildman–Crippen MR) is 45.3 cm³/mol. The molecule has 0 aliphatic carbocycles. The van der Waals surface area contributed by atoms with Crippen LogP contribution >= 0.6 is 0 Å². The van der Waals surface area contributed by atoms with Crippen LogP contribution in [0.2, 0.25) is 26.2 Å². The van der Waals surface area contributed by atoms with Crippen molar-refractivity contribution in [1.29, 1.82) is 0 Å². The summed E-state index contributed by atoms with van der Waals surface area (Å²) in [6, 6.07) is 0. The Hall–Kier alpha value is 0.411. The lowest BCUT2D eigenvalue weighted by atomic mass is 11.8. The molecule has 1 atom stereocenters. The van der Waals surface area contributed by atoms with Crippen LogP contribution in [0.15, 0.2) is 0 Å². The van der Waals surface area contributed by atoms with Crippen LogP contribution in [0.4, 0.5) is 0 Å². The zero-order chi connectivity index (χ0) is 7.49. The second-order valence-electron chi connectivity index (χ2n) is 3.07. The molecule has 0 aliphatic heterocycles. The quantitative estimate of drug-likeness (QED) is 0.587. The molecule has 0 aromatic carbocycles. The minimum absolute atomic E-state index is 0.617. The fourth-order valence-corrected chi connectivity index (χ4v) is 9.44. The van der Waals surface area contributed by atoms with Gasteiger partial charge in [0.15, 0.2) is 8.32 Å². The molecule has 0 radical (unpaired) electrons. The van der Waals surface area contributed by atoms with Gasteiger partial charge in [0.05, 0.1) is 0 Å². The minimum Gasteiger partial charge on any atom is -0.456 e. The van der Waals surface area contributed by atoms with E-state index in [9.17, 15) is 4.46 Å². The van der Waals surface area contributed by atoms with Crippen LogP contribution in [0.1, 0.15) is 0 Å². The number of rotatable bonds is 3. The van der Waals surface area contributed by atoms with Crippen molar-refractivity contribution < 1.29 is 8.58 Å². The Labute approximate surface area is 61.1 Å². The molecule has 0 heterocycles. The Morgan fingerprint density at radius 2 is 1.89 bits per heavy atom. The molecule has 0 rings (SSSR count). The van der Waals surface area contributed by atoms with Crippen molar-refractivity contribution in [2.45, 2.75) is 26.2 Å². The Morgan fingerprint density at radius 3 is 2.00 bits per heavy atom. The van der Waals surface area contributed by atoms with Gasteiger partial charge in [-0.2, -0.15) is 0 Å². The van der Waals surface area contributed by atoms with Crippen molar-refractivity contribution in [2.24, 2.45) is 0 Å². The normalized spacial score (nSPS) is 15.1. The van der Waals surface area contributed by atoms with Crippen molar-refractivity contribution in [3.63, 3.8) is 0 Å². The molecule has 0 N–H and O–H groups in total. The first-order valence-corrected chi connectivity index (χ1v) is 11.3. The van der Waals surface area contributed by atoms with Crippen LogP contribution in [0, 0.1) is 0 Å². The first-order valence-electron chi connectivity index (χ1n) is 3.09. The van der Waals surface area contributed by atoms with Gasteiger partial charge < -0.3 is 8.58 Å². The fraction of sp³-hybridized carbons (Fsp3) is 1.00. The van der Waals surface area contributed by atoms with Gasteiger partial charge in [-0.3, -0.25) is 0 Å². The first kappa shape index (κ1) is 9.41. The Morgan fingerprint density at radius 1 is 1.44 bits per heavy atom. The van der Waals surface area contributed by atoms with E-state index < -0.39 is 25.8 Å². The first-order chi connectivity index (χ1) is 3.95. The second-order valence-corrected chi connectivity index (χ2v) is 13.6. The van der Waals surface area contributed by atoms with E-state index in [1.165, 1.54) is 0 Å². The van der Waals surface area contributed by atoms with E-state index >= 15 is 0 Å². The molecular formula is C4H14O2Si3. The minimum atomic E-state index is -1.36. The maximum absolute atomic E-state index is 10.3. The van der Waals surface area contributed by atoms with E-state index in [1.54, 1.807) is 0 Å². The van der Waals surface area contributed by atoms with Crippen molar-refractivity contribution in [2.75, 3.05) is 0 Å². The molecule has 0 bridgehead atoms. The maximum Gasteiger partial charge on any atom is 0.269 e. The maximum atomic E-state index is 10.3. The van der Waals surface area contributed by atoms with Gasteiger partial charge in [-0.05, 0) is 26.2 Å². The Balaban J connectivity index is 3.59. The monoisotopic (exact) mass is 178 g/mol. The average Bonchev–Trinajstić information content (AvgIpc) is 1.62. The third kappa shape index (κ3) is 6.29. The molecular weight excluding hydrogens is 164 g/mol. The molecule has 54 valence electrons. The standard InChI is InChI=1S/C4H14O2Si3/c1-8(7-5)6-9(2,3)4/h7-8H,1-4H3. The SMILES string of the molecule is C[SiH](O[Si](C)(C)C)[SiH]=O. The lowest BCUT2D eigenvalue weighted by Gasteiger charge is -2.18. The summed E-state index contributed by atoms with van der Waals surface area (Å²) in [7, 11) is -3.19. The van der Waals surface area contributed by atoms with Gasteiger partial charge in [0.25, 0.3) is 8.92 Å². The summed E-state index contributed by atoms with van der Waals surface area (Å²) in [6.45, 7) is 8.39. The van der Waals surface area contributed by atoms with E-state index in [-0.39, 0.29) is 0 Å². The van der Waals surface area contributed by atoms with Gasteiger partial charge in [0.1, 0.15) is 0 Å². The van der Waals surface area contributed by atoms with Crippen LogP contribution in [0.5, 0.6) is 0 Å². The second kappa shape index (κ2) is 3.55. The highest BCUT2D eigenvalue weighted by molar-refractivity contribution is 7.05. The summed E-state index contributed by atoms with van der Waals surface area (Å²) < 4.78 is 15.9. The Bertz CT molecular complexity index is 98.5. The number of hydrogen-bond acceptors (Lipinski definition) is 2. The van der Waals surface area contributed by atoms with Gasteiger partial charge in [0, 0.05) is 0 Å². The van der Waals surface area contributed by atoms with Gasteiger partial charge in [-0.15, -0.1) is 0 Å². The van der Waals surface area contributed by atoms with Crippen LogP contribution in [0.25, 0.3) is 0 Å². The van der Waals surface area contributed by atoms with Gasteiger partial charge >= 0.3 is 0 Å². The molecule has 9 heavy (non-hydrogen) atoms. The van der Waals surface area contributed by atoms with Crippen LogP contribution in [0.3, 0.4) is 0 Å². The summed E-state index contributed by atoms with van der Waals surface area (Å²) in [6.07, 6.45) is 0. The third-order valence-electron chi connectivity index (χ3n) is 0.731. The van der Waals surface area contributed by atoms with E-state index in [0.717, 1.165) is 0 Å². The van der Waals surface area contributed by atoms with Crippen LogP contribution in [-0.2, 0) is 8.58 Å². The molecule has 0 amide bonds. The highest BCUT2D eigenvalue weighted by Gasteiger charge is 2.17. The number of hydrogen-bond donors (Lipinski definition) is 0. The highest BCUT2D eigenvalue weighted by atomic mass is 29.2. The van der Waals surface area contributed by atoms with Gasteiger partial charge in [0.2, 0.25) is 8.56 Å². The average molecular weight is 178 g/mol. The summed E-state index contributed by atoms with van der Waals surface area (Å²) in [5.41, 5.74) is 0. The van der Waals surface area contributed by atoms with E-state index in [0.29, 0.717) is 0 Å². The van der Waals surface area contributed by atoms with Crippen molar-refractivity contribution in [3.8, 4) is 0 Å². The van der Waals surface area contributed by atoms with Crippen LogP contribution in [-0.4, -0.2) is 25.8 Å². The summed E-state index contributed by atoms with van der Waals surface area (Å²) in [5, 5.41) is 0. The molecule has 0 aliphatic rings. The van der Waals surface area contributed by atoms with Crippen molar-refractivity contribution in [1.82, 2.24) is 0 Å². The summed E-state index contributed by atoms with van der Waals surface area (Å²) >= 11 is 0. The molecule has 0 saturated carbocycles. The topological polar surface area (TPSA) is 26.3 Å². The smallest absolute Gasteiger partial charge is 0.269 e. The molecule has 0 fully saturated rings. The molecule has 1 unspecified atom stereocenters. The zero-order valence-corrected chi connectivity index (χ0v) is 9.78. The summed E-state index contributed by atoms with van der Waals surface area (Å²) in [5.74, 6) is 0. The largest absolute Gasteiger partial charge is 0.456 e. The van der Waals surface area contributed by atoms with Gasteiger partial charge in [-0.1, -0.05) is 0 Å². The molecule has 2 nitrogen and oxygen atoms in total. The molecule has 0 saturated heterocycles. The molecule has 5 heteroatoms. The predicted octanol–water partition coefficient (Wildman–Crippen LogP) is 0.470. The lowest BCUT2D eigenvalue weighted by molar-refractivity contribution is 0.562. The molecule has 0 aromatic heterocycles. The lowest BCUT2D eigenvalue weighted by Crippen LogP contribution is -2.34. The Kier molecular flexibility index (Phi) is 3.71.